The van der Waals surface area contributed by atoms with Crippen molar-refractivity contribution in [1.82, 2.24) is 19.5 Å². The number of aromatic nitrogens is 4. The van der Waals surface area contributed by atoms with E-state index in [4.69, 9.17) is 28.1 Å². The Labute approximate surface area is 436 Å². The summed E-state index contributed by atoms with van der Waals surface area (Å²) in [7, 11) is 0. The highest BCUT2D eigenvalue weighted by Gasteiger charge is 2.37. The number of hydrogen-bond acceptors (Lipinski definition) is 5. The van der Waals surface area contributed by atoms with Crippen LogP contribution >= 0.6 is 0 Å². The molecule has 0 spiro atoms. The maximum absolute atomic E-state index is 15.6. The molecule has 0 saturated carbocycles. The van der Waals surface area contributed by atoms with E-state index in [2.05, 4.69) is 21.8 Å². The Hall–Kier alpha value is -10.7. The van der Waals surface area contributed by atoms with E-state index in [1.807, 2.05) is 12.1 Å². The number of alkyl halides is 6. The topological polar surface area (TPSA) is 99.9 Å². The van der Waals surface area contributed by atoms with E-state index in [1.54, 1.807) is 114 Å². The minimum Gasteiger partial charge on any atom is -0.308 e. The van der Waals surface area contributed by atoms with Gasteiger partial charge >= 0.3 is 12.4 Å². The van der Waals surface area contributed by atoms with Crippen molar-refractivity contribution >= 4 is 33.2 Å². The van der Waals surface area contributed by atoms with Crippen molar-refractivity contribution in [3.63, 3.8) is 0 Å². The number of nitrogens with zero attached hydrogens (tertiary/aromatic N) is 8. The summed E-state index contributed by atoms with van der Waals surface area (Å²) < 4.78 is 95.4. The molecule has 0 atom stereocenters. The summed E-state index contributed by atoms with van der Waals surface area (Å²) >= 11 is 0. The van der Waals surface area contributed by atoms with Crippen LogP contribution in [-0.4, -0.2) is 19.5 Å². The average molecular weight is 1010 g/mol. The second-order valence-electron chi connectivity index (χ2n) is 17.8. The van der Waals surface area contributed by atoms with Crippen LogP contribution in [0.5, 0.6) is 0 Å². The van der Waals surface area contributed by atoms with Crippen LogP contribution in [0.3, 0.4) is 0 Å². The van der Waals surface area contributed by atoms with Crippen molar-refractivity contribution < 1.29 is 26.3 Å². The largest absolute Gasteiger partial charge is 0.417 e. The Morgan fingerprint density at radius 2 is 0.896 bits per heavy atom. The second kappa shape index (κ2) is 19.3. The first kappa shape index (κ1) is 48.6. The first-order valence-electron chi connectivity index (χ1n) is 23.6. The zero-order valence-corrected chi connectivity index (χ0v) is 39.8. The molecule has 0 amide bonds. The van der Waals surface area contributed by atoms with Crippen LogP contribution in [0.4, 0.5) is 37.7 Å². The normalized spacial score (nSPS) is 11.5. The minimum atomic E-state index is -4.96. The highest BCUT2D eigenvalue weighted by atomic mass is 19.4. The van der Waals surface area contributed by atoms with Gasteiger partial charge in [-0.1, -0.05) is 127 Å². The Balaban J connectivity index is 1.32. The fourth-order valence-electron chi connectivity index (χ4n) is 9.77. The van der Waals surface area contributed by atoms with Crippen molar-refractivity contribution in [3.8, 4) is 96.5 Å². The van der Waals surface area contributed by atoms with E-state index in [9.17, 15) is 10.5 Å². The van der Waals surface area contributed by atoms with Crippen molar-refractivity contribution in [1.29, 1.82) is 10.5 Å². The summed E-state index contributed by atoms with van der Waals surface area (Å²) in [6, 6.07) is 54.4. The molecule has 77 heavy (non-hydrogen) atoms. The van der Waals surface area contributed by atoms with Crippen LogP contribution in [0.15, 0.2) is 194 Å². The maximum atomic E-state index is 15.6. The number of hydrogen-bond donors (Lipinski definition) is 0. The Kier molecular flexibility index (Phi) is 12.2. The molecule has 0 radical (unpaired) electrons. The molecule has 0 saturated heterocycles. The maximum Gasteiger partial charge on any atom is 0.417 e. The molecule has 2 aromatic heterocycles. The van der Waals surface area contributed by atoms with Gasteiger partial charge < -0.3 is 4.57 Å². The van der Waals surface area contributed by atoms with Crippen LogP contribution in [0.1, 0.15) is 22.3 Å². The summed E-state index contributed by atoms with van der Waals surface area (Å²) in [5.74, 6) is 0.371. The molecule has 0 unspecified atom stereocenters. The van der Waals surface area contributed by atoms with Crippen LogP contribution in [0, 0.1) is 35.8 Å². The van der Waals surface area contributed by atoms with Crippen LogP contribution in [0.2, 0.25) is 0 Å². The fraction of sp³-hybridized carbons (Fsp3) is 0.0317. The average Bonchev–Trinajstić information content (AvgIpc) is 4.07. The van der Waals surface area contributed by atoms with Gasteiger partial charge in [0.25, 0.3) is 0 Å². The SMILES string of the molecule is [C-]#[N+]c1ccc(-c2ccc3c(c2)c2cc(-c4ccc(C#N)cc4[N+]#[C-])ccc2n3-c2c(-c3ccccc3C(F)(F)F)cc(-c3nc(-c4ccccc4)nc(-c4ccccc4)n3)cc2-c2ccccc2C(F)(F)F)c(C#N)c1. The van der Waals surface area contributed by atoms with E-state index in [0.29, 0.717) is 55.2 Å². The third-order valence-electron chi connectivity index (χ3n) is 13.2. The Morgan fingerprint density at radius 3 is 1.38 bits per heavy atom. The summed E-state index contributed by atoms with van der Waals surface area (Å²) in [4.78, 5) is 21.7. The Bertz CT molecular complexity index is 4090. The van der Waals surface area contributed by atoms with Gasteiger partial charge in [0.05, 0.1) is 53.1 Å². The first-order valence-corrected chi connectivity index (χ1v) is 23.6. The van der Waals surface area contributed by atoms with E-state index in [1.165, 1.54) is 60.7 Å². The van der Waals surface area contributed by atoms with Gasteiger partial charge in [-0.25, -0.2) is 24.6 Å². The van der Waals surface area contributed by atoms with Gasteiger partial charge in [-0.05, 0) is 100 Å². The smallest absolute Gasteiger partial charge is 0.308 e. The molecule has 0 N–H and O–H groups in total. The number of rotatable bonds is 8. The summed E-state index contributed by atoms with van der Waals surface area (Å²) in [6.07, 6.45) is -9.93. The van der Waals surface area contributed by atoms with Gasteiger partial charge in [-0.2, -0.15) is 36.9 Å². The molecule has 9 aromatic carbocycles. The van der Waals surface area contributed by atoms with Crippen LogP contribution < -0.4 is 0 Å². The van der Waals surface area contributed by atoms with Gasteiger partial charge in [0.15, 0.2) is 28.8 Å². The van der Waals surface area contributed by atoms with Crippen molar-refractivity contribution in [2.45, 2.75) is 12.4 Å². The predicted molar refractivity (Wildman–Crippen MR) is 284 cm³/mol. The fourth-order valence-corrected chi connectivity index (χ4v) is 9.77. The molecule has 8 nitrogen and oxygen atoms in total. The second-order valence-corrected chi connectivity index (χ2v) is 17.8. The lowest BCUT2D eigenvalue weighted by atomic mass is 9.88. The molecular weight excluding hydrogens is 983 g/mol. The zero-order chi connectivity index (χ0) is 53.6. The Morgan fingerprint density at radius 1 is 0.416 bits per heavy atom. The molecule has 0 fully saturated rings. The third-order valence-corrected chi connectivity index (χ3v) is 13.2. The monoisotopic (exact) mass is 1010 g/mol. The summed E-state index contributed by atoms with van der Waals surface area (Å²) in [6.45, 7) is 15.6. The lowest BCUT2D eigenvalue weighted by Crippen LogP contribution is -2.11. The van der Waals surface area contributed by atoms with Gasteiger partial charge in [0.2, 0.25) is 0 Å². The van der Waals surface area contributed by atoms with E-state index >= 15 is 26.3 Å². The number of halogens is 6. The molecule has 0 aliphatic rings. The molecule has 366 valence electrons. The highest BCUT2D eigenvalue weighted by Crippen LogP contribution is 2.50. The van der Waals surface area contributed by atoms with Gasteiger partial charge in [0.1, 0.15) is 0 Å². The zero-order valence-electron chi connectivity index (χ0n) is 39.8. The van der Waals surface area contributed by atoms with E-state index in [0.717, 1.165) is 12.1 Å². The number of benzene rings is 9. The molecular formula is C63H32F6N8. The standard InChI is InChI=1S/C63H32F6N8/c1-72-44-24-26-45(43(30-44)36-71)40-22-27-56-49(31-40)50-32-41(46-25-21-37(35-70)29-55(46)73-2)23-28-57(50)77(56)58-51(47-17-9-11-19-53(47)62(64,65)66)33-42(34-52(58)48-18-10-12-20-54(48)63(67,68)69)61-75-59(38-13-5-3-6-14-38)74-60(76-61)39-15-7-4-8-16-39/h3-34H. The number of fused-ring (bicyclic) bond motifs is 3. The molecule has 0 aliphatic heterocycles. The molecule has 11 rings (SSSR count). The van der Waals surface area contributed by atoms with Gasteiger partial charge in [0, 0.05) is 49.7 Å². The van der Waals surface area contributed by atoms with Crippen molar-refractivity contribution in [3.05, 3.63) is 239 Å². The van der Waals surface area contributed by atoms with E-state index < -0.39 is 23.5 Å². The first-order chi connectivity index (χ1) is 37.3. The number of nitriles is 2. The predicted octanol–water partition coefficient (Wildman–Crippen LogP) is 17.5. The van der Waals surface area contributed by atoms with Crippen molar-refractivity contribution in [2.24, 2.45) is 0 Å². The summed E-state index contributed by atoms with van der Waals surface area (Å²) in [5, 5.41) is 20.9. The molecule has 14 heteroatoms. The molecule has 0 aliphatic carbocycles. The molecule has 2 heterocycles. The highest BCUT2D eigenvalue weighted by molar-refractivity contribution is 6.13. The quantitative estimate of drug-likeness (QED) is 0.111. The molecule has 0 bridgehead atoms. The van der Waals surface area contributed by atoms with Gasteiger partial charge in [-0.15, -0.1) is 0 Å². The third kappa shape index (κ3) is 8.93. The summed E-state index contributed by atoms with van der Waals surface area (Å²) in [5.41, 5.74) is 1.61. The van der Waals surface area contributed by atoms with E-state index in [-0.39, 0.29) is 73.5 Å². The lowest BCUT2D eigenvalue weighted by Gasteiger charge is -2.24. The lowest BCUT2D eigenvalue weighted by molar-refractivity contribution is -0.137. The van der Waals surface area contributed by atoms with Crippen molar-refractivity contribution in [2.75, 3.05) is 0 Å². The van der Waals surface area contributed by atoms with Gasteiger partial charge in [-0.3, -0.25) is 0 Å². The minimum absolute atomic E-state index is 0.0344. The van der Waals surface area contributed by atoms with Crippen LogP contribution in [-0.2, 0) is 12.4 Å². The van der Waals surface area contributed by atoms with Crippen LogP contribution in [0.25, 0.3) is 116 Å². The molecule has 11 aromatic rings.